The van der Waals surface area contributed by atoms with E-state index in [2.05, 4.69) is 50.8 Å². The van der Waals surface area contributed by atoms with Crippen molar-refractivity contribution in [3.8, 4) is 0 Å². The highest BCUT2D eigenvalue weighted by Gasteiger charge is 2.17. The van der Waals surface area contributed by atoms with Crippen LogP contribution in [0.1, 0.15) is 27.2 Å². The van der Waals surface area contributed by atoms with Gasteiger partial charge in [0.15, 0.2) is 0 Å². The van der Waals surface area contributed by atoms with Gasteiger partial charge in [-0.05, 0) is 48.4 Å². The smallest absolute Gasteiger partial charge is 0.251 e. The van der Waals surface area contributed by atoms with Gasteiger partial charge in [-0.25, -0.2) is 0 Å². The first-order chi connectivity index (χ1) is 15.7. The Morgan fingerprint density at radius 1 is 0.938 bits per heavy atom. The lowest BCUT2D eigenvalue weighted by molar-refractivity contribution is 0.0948. The molecule has 1 amide bonds. The first kappa shape index (κ1) is 20.2. The Labute approximate surface area is 188 Å². The van der Waals surface area contributed by atoms with Crippen molar-refractivity contribution in [2.75, 3.05) is 18.4 Å². The van der Waals surface area contributed by atoms with Crippen molar-refractivity contribution in [3.63, 3.8) is 0 Å². The molecule has 2 N–H and O–H groups in total. The summed E-state index contributed by atoms with van der Waals surface area (Å²) in [6.07, 6.45) is 0. The quantitative estimate of drug-likeness (QED) is 0.457. The maximum absolute atomic E-state index is 12.7. The second-order valence-electron chi connectivity index (χ2n) is 8.27. The van der Waals surface area contributed by atoms with Crippen molar-refractivity contribution < 1.29 is 4.79 Å². The molecule has 0 fully saturated rings. The molecule has 5 rings (SSSR count). The van der Waals surface area contributed by atoms with Crippen LogP contribution in [0.5, 0.6) is 0 Å². The predicted molar refractivity (Wildman–Crippen MR) is 129 cm³/mol. The van der Waals surface area contributed by atoms with Crippen molar-refractivity contribution in [2.24, 2.45) is 0 Å². The standard InChI is InChI=1S/C27H26N4O/c1-19-15-26(24-11-4-5-12-25(24)29-19)30-23-10-6-9-20(16-23)27(32)28-13-14-31-17-21-7-2-3-8-22(21)18-31/h2-12,15-16H,13-14,17-18H2,1H3,(H,28,32)(H,29,30). The summed E-state index contributed by atoms with van der Waals surface area (Å²) in [5, 5.41) is 7.58. The van der Waals surface area contributed by atoms with Crippen LogP contribution in [0.3, 0.4) is 0 Å². The number of benzene rings is 3. The molecule has 5 nitrogen and oxygen atoms in total. The average molecular weight is 423 g/mol. The summed E-state index contributed by atoms with van der Waals surface area (Å²) in [4.78, 5) is 19.7. The number of carbonyl (C=O) groups is 1. The normalized spacial score (nSPS) is 13.2. The van der Waals surface area contributed by atoms with Crippen LogP contribution in [0.25, 0.3) is 10.9 Å². The summed E-state index contributed by atoms with van der Waals surface area (Å²) in [5.74, 6) is -0.0545. The molecular formula is C27H26N4O. The molecule has 0 atom stereocenters. The summed E-state index contributed by atoms with van der Waals surface area (Å²) < 4.78 is 0. The maximum Gasteiger partial charge on any atom is 0.251 e. The summed E-state index contributed by atoms with van der Waals surface area (Å²) in [5.41, 5.74) is 7.18. The van der Waals surface area contributed by atoms with Gasteiger partial charge in [-0.15, -0.1) is 0 Å². The number of para-hydroxylation sites is 1. The minimum absolute atomic E-state index is 0.0545. The lowest BCUT2D eigenvalue weighted by atomic mass is 10.1. The Balaban J connectivity index is 1.22. The van der Waals surface area contributed by atoms with Gasteiger partial charge in [0.2, 0.25) is 0 Å². The third kappa shape index (κ3) is 4.34. The fourth-order valence-corrected chi connectivity index (χ4v) is 4.30. The van der Waals surface area contributed by atoms with E-state index in [4.69, 9.17) is 0 Å². The van der Waals surface area contributed by atoms with Gasteiger partial charge in [-0.3, -0.25) is 14.7 Å². The first-order valence-electron chi connectivity index (χ1n) is 11.0. The van der Waals surface area contributed by atoms with Crippen LogP contribution in [0, 0.1) is 6.92 Å². The van der Waals surface area contributed by atoms with E-state index >= 15 is 0 Å². The molecule has 0 spiro atoms. The highest BCUT2D eigenvalue weighted by atomic mass is 16.1. The zero-order chi connectivity index (χ0) is 21.9. The summed E-state index contributed by atoms with van der Waals surface area (Å²) >= 11 is 0. The van der Waals surface area contributed by atoms with Crippen LogP contribution in [-0.2, 0) is 13.1 Å². The molecule has 5 heteroatoms. The van der Waals surface area contributed by atoms with Crippen LogP contribution in [0.4, 0.5) is 11.4 Å². The van der Waals surface area contributed by atoms with Gasteiger partial charge in [0.25, 0.3) is 5.91 Å². The van der Waals surface area contributed by atoms with Crippen LogP contribution in [0.2, 0.25) is 0 Å². The maximum atomic E-state index is 12.7. The zero-order valence-corrected chi connectivity index (χ0v) is 18.1. The summed E-state index contributed by atoms with van der Waals surface area (Å²) in [7, 11) is 0. The number of nitrogens with zero attached hydrogens (tertiary/aromatic N) is 2. The molecule has 1 aliphatic heterocycles. The number of aryl methyl sites for hydroxylation is 1. The molecule has 160 valence electrons. The highest BCUT2D eigenvalue weighted by molar-refractivity contribution is 5.96. The Hall–Kier alpha value is -3.70. The van der Waals surface area contributed by atoms with E-state index in [0.717, 1.165) is 47.6 Å². The second-order valence-corrected chi connectivity index (χ2v) is 8.27. The van der Waals surface area contributed by atoms with Crippen molar-refractivity contribution in [2.45, 2.75) is 20.0 Å². The SMILES string of the molecule is Cc1cc(Nc2cccc(C(=O)NCCN3Cc4ccccc4C3)c2)c2ccccc2n1. The second kappa shape index (κ2) is 8.81. The Morgan fingerprint density at radius 2 is 1.69 bits per heavy atom. The number of amides is 1. The number of hydrogen-bond donors (Lipinski definition) is 2. The van der Waals surface area contributed by atoms with E-state index in [1.807, 2.05) is 55.5 Å². The van der Waals surface area contributed by atoms with Crippen LogP contribution < -0.4 is 10.6 Å². The summed E-state index contributed by atoms with van der Waals surface area (Å²) in [6, 6.07) is 26.2. The van der Waals surface area contributed by atoms with Gasteiger partial charge >= 0.3 is 0 Å². The lowest BCUT2D eigenvalue weighted by Crippen LogP contribution is -2.32. The van der Waals surface area contributed by atoms with Gasteiger partial charge in [0, 0.05) is 54.2 Å². The van der Waals surface area contributed by atoms with E-state index in [1.54, 1.807) is 0 Å². The minimum Gasteiger partial charge on any atom is -0.355 e. The molecule has 2 heterocycles. The van der Waals surface area contributed by atoms with Crippen molar-refractivity contribution in [1.82, 2.24) is 15.2 Å². The summed E-state index contributed by atoms with van der Waals surface area (Å²) in [6.45, 7) is 5.34. The molecule has 0 radical (unpaired) electrons. The first-order valence-corrected chi connectivity index (χ1v) is 11.0. The topological polar surface area (TPSA) is 57.3 Å². The molecule has 0 aliphatic carbocycles. The molecule has 0 unspecified atom stereocenters. The number of pyridine rings is 1. The van der Waals surface area contributed by atoms with Crippen molar-refractivity contribution in [3.05, 3.63) is 101 Å². The third-order valence-corrected chi connectivity index (χ3v) is 5.87. The Morgan fingerprint density at radius 3 is 2.50 bits per heavy atom. The minimum atomic E-state index is -0.0545. The Kier molecular flexibility index (Phi) is 5.57. The number of rotatable bonds is 6. The van der Waals surface area contributed by atoms with Crippen LogP contribution in [0.15, 0.2) is 78.9 Å². The fraction of sp³-hybridized carbons (Fsp3) is 0.185. The molecule has 32 heavy (non-hydrogen) atoms. The van der Waals surface area contributed by atoms with E-state index in [1.165, 1.54) is 11.1 Å². The monoisotopic (exact) mass is 422 g/mol. The lowest BCUT2D eigenvalue weighted by Gasteiger charge is -2.15. The van der Waals surface area contributed by atoms with Gasteiger partial charge in [0.1, 0.15) is 0 Å². The fourth-order valence-electron chi connectivity index (χ4n) is 4.30. The number of carbonyl (C=O) groups excluding carboxylic acids is 1. The van der Waals surface area contributed by atoms with E-state index in [-0.39, 0.29) is 5.91 Å². The number of fused-ring (bicyclic) bond motifs is 2. The molecule has 0 bridgehead atoms. The molecule has 3 aromatic carbocycles. The van der Waals surface area contributed by atoms with Crippen molar-refractivity contribution >= 4 is 28.2 Å². The van der Waals surface area contributed by atoms with E-state index in [0.29, 0.717) is 12.1 Å². The highest BCUT2D eigenvalue weighted by Crippen LogP contribution is 2.27. The molecule has 1 aromatic heterocycles. The van der Waals surface area contributed by atoms with E-state index < -0.39 is 0 Å². The molecule has 4 aromatic rings. The largest absolute Gasteiger partial charge is 0.355 e. The number of anilines is 2. The molecular weight excluding hydrogens is 396 g/mol. The third-order valence-electron chi connectivity index (χ3n) is 5.87. The number of hydrogen-bond acceptors (Lipinski definition) is 4. The molecule has 0 saturated carbocycles. The number of aromatic nitrogens is 1. The molecule has 0 saturated heterocycles. The van der Waals surface area contributed by atoms with E-state index in [9.17, 15) is 4.79 Å². The van der Waals surface area contributed by atoms with Crippen molar-refractivity contribution in [1.29, 1.82) is 0 Å². The zero-order valence-electron chi connectivity index (χ0n) is 18.1. The number of nitrogens with one attached hydrogen (secondary N) is 2. The van der Waals surface area contributed by atoms with Gasteiger partial charge in [-0.2, -0.15) is 0 Å². The predicted octanol–water partition coefficient (Wildman–Crippen LogP) is 5.03. The van der Waals surface area contributed by atoms with Gasteiger partial charge in [-0.1, -0.05) is 48.5 Å². The van der Waals surface area contributed by atoms with Crippen LogP contribution >= 0.6 is 0 Å². The van der Waals surface area contributed by atoms with Gasteiger partial charge < -0.3 is 10.6 Å². The van der Waals surface area contributed by atoms with Gasteiger partial charge in [0.05, 0.1) is 5.52 Å². The van der Waals surface area contributed by atoms with Crippen LogP contribution in [-0.4, -0.2) is 28.9 Å². The molecule has 1 aliphatic rings. The Bertz CT molecular complexity index is 1260. The average Bonchev–Trinajstić information content (AvgIpc) is 3.22.